The lowest BCUT2D eigenvalue weighted by atomic mass is 10.0. The Bertz CT molecular complexity index is 661. The number of aliphatic hydroxyl groups is 2. The molecular weight excluding hydrogens is 284 g/mol. The van der Waals surface area contributed by atoms with Crippen molar-refractivity contribution in [1.29, 1.82) is 0 Å². The second-order valence-corrected chi connectivity index (χ2v) is 4.98. The highest BCUT2D eigenvalue weighted by Gasteiger charge is 2.37. The molecule has 20 heavy (non-hydrogen) atoms. The summed E-state index contributed by atoms with van der Waals surface area (Å²) < 4.78 is 1.30. The summed E-state index contributed by atoms with van der Waals surface area (Å²) in [5, 5.41) is 19.1. The van der Waals surface area contributed by atoms with Crippen LogP contribution < -0.4 is 11.2 Å². The molecule has 1 aliphatic carbocycles. The summed E-state index contributed by atoms with van der Waals surface area (Å²) in [4.78, 5) is 25.7. The predicted octanol–water partition coefficient (Wildman–Crippen LogP) is 0.216. The standard InChI is InChI=1S/C13H15ClN2O4/c1-7-9(6-17)11(18)4-10(7)16-5-8(2-3-14)12(19)15-13(16)20/h2-3,5,9-11,17-18H,1,4,6H2,(H,15,19,20)/b3-2+/t9-,10-,11-/m1/s1. The van der Waals surface area contributed by atoms with Crippen LogP contribution in [0.15, 0.2) is 33.5 Å². The van der Waals surface area contributed by atoms with Crippen molar-refractivity contribution in [1.82, 2.24) is 9.55 Å². The topological polar surface area (TPSA) is 95.3 Å². The van der Waals surface area contributed by atoms with Crippen LogP contribution in [-0.4, -0.2) is 32.5 Å². The molecule has 1 aromatic heterocycles. The van der Waals surface area contributed by atoms with E-state index in [0.717, 1.165) is 0 Å². The molecule has 0 radical (unpaired) electrons. The molecule has 108 valence electrons. The number of aromatic amines is 1. The number of hydrogen-bond acceptors (Lipinski definition) is 4. The molecule has 1 aromatic rings. The average Bonchev–Trinajstić information content (AvgIpc) is 2.68. The van der Waals surface area contributed by atoms with Gasteiger partial charge in [0.15, 0.2) is 0 Å². The molecule has 2 rings (SSSR count). The summed E-state index contributed by atoms with van der Waals surface area (Å²) in [7, 11) is 0. The molecule has 0 unspecified atom stereocenters. The first-order chi connectivity index (χ1) is 9.49. The zero-order valence-corrected chi connectivity index (χ0v) is 11.4. The van der Waals surface area contributed by atoms with E-state index in [0.29, 0.717) is 5.57 Å². The van der Waals surface area contributed by atoms with Gasteiger partial charge in [-0.15, -0.1) is 0 Å². The molecule has 1 saturated carbocycles. The predicted molar refractivity (Wildman–Crippen MR) is 75.6 cm³/mol. The third kappa shape index (κ3) is 2.49. The van der Waals surface area contributed by atoms with Gasteiger partial charge in [0, 0.05) is 17.6 Å². The summed E-state index contributed by atoms with van der Waals surface area (Å²) in [5.41, 5.74) is 0.850. The van der Waals surface area contributed by atoms with E-state index < -0.39 is 29.3 Å². The number of halogens is 1. The van der Waals surface area contributed by atoms with Gasteiger partial charge in [0.05, 0.1) is 24.3 Å². The molecule has 0 bridgehead atoms. The number of aliphatic hydroxyl groups excluding tert-OH is 2. The maximum atomic E-state index is 11.9. The molecule has 3 N–H and O–H groups in total. The van der Waals surface area contributed by atoms with E-state index in [-0.39, 0.29) is 18.6 Å². The Morgan fingerprint density at radius 2 is 2.25 bits per heavy atom. The lowest BCUT2D eigenvalue weighted by Gasteiger charge is -2.16. The Kier molecular flexibility index (Phi) is 4.27. The molecule has 7 heteroatoms. The van der Waals surface area contributed by atoms with Gasteiger partial charge in [-0.3, -0.25) is 14.3 Å². The fourth-order valence-corrected chi connectivity index (χ4v) is 2.62. The molecule has 1 fully saturated rings. The molecule has 0 saturated heterocycles. The van der Waals surface area contributed by atoms with Crippen molar-refractivity contribution in [3.63, 3.8) is 0 Å². The van der Waals surface area contributed by atoms with Crippen LogP contribution in [0.4, 0.5) is 0 Å². The van der Waals surface area contributed by atoms with E-state index >= 15 is 0 Å². The quantitative estimate of drug-likeness (QED) is 0.696. The van der Waals surface area contributed by atoms with E-state index in [1.807, 2.05) is 0 Å². The van der Waals surface area contributed by atoms with Crippen LogP contribution in [0.2, 0.25) is 0 Å². The minimum Gasteiger partial charge on any atom is -0.396 e. The second kappa shape index (κ2) is 5.78. The van der Waals surface area contributed by atoms with Gasteiger partial charge in [-0.1, -0.05) is 18.2 Å². The van der Waals surface area contributed by atoms with Gasteiger partial charge in [0.25, 0.3) is 5.56 Å². The Labute approximate surface area is 119 Å². The van der Waals surface area contributed by atoms with Crippen LogP contribution in [0.25, 0.3) is 6.08 Å². The summed E-state index contributed by atoms with van der Waals surface area (Å²) in [6.07, 6.45) is 2.25. The zero-order chi connectivity index (χ0) is 14.9. The number of aromatic nitrogens is 2. The monoisotopic (exact) mass is 298 g/mol. The van der Waals surface area contributed by atoms with E-state index in [4.69, 9.17) is 11.6 Å². The molecule has 0 aliphatic heterocycles. The van der Waals surface area contributed by atoms with Crippen LogP contribution in [0.1, 0.15) is 18.0 Å². The third-order valence-electron chi connectivity index (χ3n) is 3.60. The number of nitrogens with zero attached hydrogens (tertiary/aromatic N) is 1. The number of nitrogens with one attached hydrogen (secondary N) is 1. The highest BCUT2D eigenvalue weighted by atomic mass is 35.5. The molecule has 0 amide bonds. The van der Waals surface area contributed by atoms with E-state index in [1.165, 1.54) is 22.4 Å². The van der Waals surface area contributed by atoms with Gasteiger partial charge in [-0.05, 0) is 18.1 Å². The van der Waals surface area contributed by atoms with Crippen molar-refractivity contribution < 1.29 is 10.2 Å². The van der Waals surface area contributed by atoms with Crippen LogP contribution in [0.5, 0.6) is 0 Å². The largest absolute Gasteiger partial charge is 0.396 e. The van der Waals surface area contributed by atoms with Gasteiger partial charge in [0.1, 0.15) is 0 Å². The van der Waals surface area contributed by atoms with Gasteiger partial charge < -0.3 is 10.2 Å². The summed E-state index contributed by atoms with van der Waals surface area (Å²) in [6.45, 7) is 3.60. The average molecular weight is 299 g/mol. The minimum absolute atomic E-state index is 0.231. The van der Waals surface area contributed by atoms with Crippen molar-refractivity contribution in [3.05, 3.63) is 50.3 Å². The number of H-pyrrole nitrogens is 1. The fourth-order valence-electron chi connectivity index (χ4n) is 2.49. The van der Waals surface area contributed by atoms with Crippen LogP contribution in [0.3, 0.4) is 0 Å². The van der Waals surface area contributed by atoms with Crippen molar-refractivity contribution in [2.45, 2.75) is 18.6 Å². The van der Waals surface area contributed by atoms with Crippen LogP contribution >= 0.6 is 11.6 Å². The summed E-state index contributed by atoms with van der Waals surface area (Å²) in [6, 6.07) is -0.464. The van der Waals surface area contributed by atoms with Crippen LogP contribution in [-0.2, 0) is 0 Å². The van der Waals surface area contributed by atoms with Gasteiger partial charge >= 0.3 is 5.69 Å². The Morgan fingerprint density at radius 3 is 2.80 bits per heavy atom. The van der Waals surface area contributed by atoms with E-state index in [2.05, 4.69) is 11.6 Å². The first-order valence-corrected chi connectivity index (χ1v) is 6.53. The molecule has 3 atom stereocenters. The SMILES string of the molecule is C=C1[C@@H](CO)[C@H](O)C[C@H]1n1cc(/C=C/Cl)c(=O)[nH]c1=O. The molecular formula is C13H15ClN2O4. The van der Waals surface area contributed by atoms with Crippen molar-refractivity contribution in [2.75, 3.05) is 6.61 Å². The number of hydrogen-bond donors (Lipinski definition) is 3. The highest BCUT2D eigenvalue weighted by molar-refractivity contribution is 6.27. The molecule has 6 nitrogen and oxygen atoms in total. The lowest BCUT2D eigenvalue weighted by Crippen LogP contribution is -2.33. The smallest absolute Gasteiger partial charge is 0.328 e. The lowest BCUT2D eigenvalue weighted by molar-refractivity contribution is 0.101. The Balaban J connectivity index is 2.49. The molecule has 1 heterocycles. The second-order valence-electron chi connectivity index (χ2n) is 4.73. The third-order valence-corrected chi connectivity index (χ3v) is 3.73. The highest BCUT2D eigenvalue weighted by Crippen LogP contribution is 2.37. The number of rotatable bonds is 3. The maximum Gasteiger partial charge on any atom is 0.328 e. The van der Waals surface area contributed by atoms with Gasteiger partial charge in [0.2, 0.25) is 0 Å². The van der Waals surface area contributed by atoms with E-state index in [9.17, 15) is 19.8 Å². The first-order valence-electron chi connectivity index (χ1n) is 6.09. The fraction of sp³-hybridized carbons (Fsp3) is 0.385. The Hall–Kier alpha value is -1.63. The van der Waals surface area contributed by atoms with Crippen molar-refractivity contribution >= 4 is 17.7 Å². The van der Waals surface area contributed by atoms with Crippen molar-refractivity contribution in [3.8, 4) is 0 Å². The molecule has 0 spiro atoms. The molecule has 1 aliphatic rings. The zero-order valence-electron chi connectivity index (χ0n) is 10.6. The Morgan fingerprint density at radius 1 is 1.55 bits per heavy atom. The normalized spacial score (nSPS) is 26.6. The summed E-state index contributed by atoms with van der Waals surface area (Å²) >= 11 is 5.45. The maximum absolute atomic E-state index is 11.9. The van der Waals surface area contributed by atoms with Crippen LogP contribution in [0, 0.1) is 5.92 Å². The minimum atomic E-state index is -0.761. The summed E-state index contributed by atoms with van der Waals surface area (Å²) in [5.74, 6) is -0.467. The molecule has 0 aromatic carbocycles. The van der Waals surface area contributed by atoms with Gasteiger partial charge in [-0.25, -0.2) is 4.79 Å². The first kappa shape index (κ1) is 14.8. The van der Waals surface area contributed by atoms with Crippen molar-refractivity contribution in [2.24, 2.45) is 5.92 Å². The van der Waals surface area contributed by atoms with Gasteiger partial charge in [-0.2, -0.15) is 0 Å². The van der Waals surface area contributed by atoms with E-state index in [1.54, 1.807) is 0 Å².